The summed E-state index contributed by atoms with van der Waals surface area (Å²) in [5.74, 6) is -1.14. The van der Waals surface area contributed by atoms with Crippen LogP contribution in [0.15, 0.2) is 54.1 Å². The van der Waals surface area contributed by atoms with Gasteiger partial charge in [0.25, 0.3) is 5.78 Å². The zero-order valence-electron chi connectivity index (χ0n) is 19.1. The minimum atomic E-state index is -0.825. The molecule has 0 radical (unpaired) electrons. The molecule has 1 aliphatic rings. The van der Waals surface area contributed by atoms with E-state index < -0.39 is 17.7 Å². The van der Waals surface area contributed by atoms with E-state index in [4.69, 9.17) is 4.74 Å². The van der Waals surface area contributed by atoms with Gasteiger partial charge in [0.15, 0.2) is 0 Å². The molecular formula is C25H25N3O4S. The summed E-state index contributed by atoms with van der Waals surface area (Å²) in [6.07, 6.45) is 0. The summed E-state index contributed by atoms with van der Waals surface area (Å²) in [6.45, 7) is 8.12. The van der Waals surface area contributed by atoms with Gasteiger partial charge in [0.1, 0.15) is 16.5 Å². The van der Waals surface area contributed by atoms with Crippen molar-refractivity contribution < 1.29 is 19.4 Å². The Morgan fingerprint density at radius 1 is 1.03 bits per heavy atom. The van der Waals surface area contributed by atoms with E-state index in [0.717, 1.165) is 5.56 Å². The fraction of sp³-hybridized carbons (Fsp3) is 0.280. The van der Waals surface area contributed by atoms with Crippen molar-refractivity contribution in [2.75, 3.05) is 12.0 Å². The molecule has 0 saturated carbocycles. The lowest BCUT2D eigenvalue weighted by atomic mass is 9.85. The smallest absolute Gasteiger partial charge is 0.301 e. The van der Waals surface area contributed by atoms with Crippen LogP contribution in [0.4, 0.5) is 5.13 Å². The van der Waals surface area contributed by atoms with Gasteiger partial charge >= 0.3 is 5.91 Å². The van der Waals surface area contributed by atoms with Gasteiger partial charge < -0.3 is 9.84 Å². The molecule has 0 spiro atoms. The molecule has 170 valence electrons. The van der Waals surface area contributed by atoms with E-state index in [1.165, 1.54) is 16.2 Å². The molecule has 1 aliphatic heterocycles. The molecule has 1 N–H and O–H groups in total. The molecule has 4 rings (SSSR count). The van der Waals surface area contributed by atoms with Crippen LogP contribution in [0, 0.1) is 6.92 Å². The van der Waals surface area contributed by atoms with Crippen molar-refractivity contribution in [1.82, 2.24) is 10.2 Å². The van der Waals surface area contributed by atoms with E-state index in [-0.39, 0.29) is 16.7 Å². The number of rotatable bonds is 4. The minimum absolute atomic E-state index is 0.0153. The van der Waals surface area contributed by atoms with Gasteiger partial charge in [-0.3, -0.25) is 14.5 Å². The van der Waals surface area contributed by atoms with Gasteiger partial charge in [-0.05, 0) is 47.7 Å². The quantitative estimate of drug-likeness (QED) is 0.340. The molecule has 0 aliphatic carbocycles. The number of amides is 1. The second kappa shape index (κ2) is 8.44. The van der Waals surface area contributed by atoms with E-state index in [2.05, 4.69) is 31.0 Å². The number of carbonyl (C=O) groups excluding carboxylic acids is 2. The SMILES string of the molecule is COc1ccc(/C(O)=C2/C(=O)C(=O)N(c3nnc(C)s3)C2c2ccc(C(C)(C)C)cc2)cc1. The molecule has 3 aromatic rings. The molecular weight excluding hydrogens is 438 g/mol. The van der Waals surface area contributed by atoms with Crippen molar-refractivity contribution in [3.05, 3.63) is 75.8 Å². The minimum Gasteiger partial charge on any atom is -0.507 e. The van der Waals surface area contributed by atoms with E-state index in [9.17, 15) is 14.7 Å². The molecule has 7 nitrogen and oxygen atoms in total. The molecule has 2 heterocycles. The predicted molar refractivity (Wildman–Crippen MR) is 128 cm³/mol. The summed E-state index contributed by atoms with van der Waals surface area (Å²) in [5.41, 5.74) is 2.19. The van der Waals surface area contributed by atoms with Crippen molar-refractivity contribution in [2.24, 2.45) is 0 Å². The van der Waals surface area contributed by atoms with Gasteiger partial charge in [-0.25, -0.2) is 0 Å². The fourth-order valence-electron chi connectivity index (χ4n) is 3.80. The number of aromatic nitrogens is 2. The average molecular weight is 464 g/mol. The number of anilines is 1. The van der Waals surface area contributed by atoms with Gasteiger partial charge in [-0.1, -0.05) is 56.4 Å². The Bertz CT molecular complexity index is 1240. The van der Waals surface area contributed by atoms with Crippen LogP contribution in [0.25, 0.3) is 5.76 Å². The summed E-state index contributed by atoms with van der Waals surface area (Å²) in [5, 5.41) is 20.3. The number of carbonyl (C=O) groups is 2. The maximum absolute atomic E-state index is 13.2. The van der Waals surface area contributed by atoms with Crippen LogP contribution in [-0.4, -0.2) is 34.1 Å². The lowest BCUT2D eigenvalue weighted by Gasteiger charge is -2.24. The number of aliphatic hydroxyl groups is 1. The van der Waals surface area contributed by atoms with Crippen LogP contribution in [0.3, 0.4) is 0 Å². The standard InChI is InChI=1S/C25H25N3O4S/c1-14-26-27-24(33-14)28-20(15-6-10-17(11-7-15)25(2,3)4)19(22(30)23(28)31)21(29)16-8-12-18(32-5)13-9-16/h6-13,20,29H,1-5H3/b21-19-. The topological polar surface area (TPSA) is 92.6 Å². The van der Waals surface area contributed by atoms with Gasteiger partial charge in [-0.15, -0.1) is 10.2 Å². The third-order valence-corrected chi connectivity index (χ3v) is 6.46. The Morgan fingerprint density at radius 3 is 2.18 bits per heavy atom. The van der Waals surface area contributed by atoms with E-state index in [1.54, 1.807) is 38.3 Å². The molecule has 0 bridgehead atoms. The number of nitrogens with zero attached hydrogens (tertiary/aromatic N) is 3. The average Bonchev–Trinajstić information content (AvgIpc) is 3.33. The van der Waals surface area contributed by atoms with Crippen LogP contribution in [0.1, 0.15) is 48.5 Å². The van der Waals surface area contributed by atoms with Crippen LogP contribution in [0.5, 0.6) is 5.75 Å². The Balaban J connectivity index is 1.89. The lowest BCUT2D eigenvalue weighted by molar-refractivity contribution is -0.132. The second-order valence-electron chi connectivity index (χ2n) is 8.87. The number of hydrogen-bond acceptors (Lipinski definition) is 7. The molecule has 33 heavy (non-hydrogen) atoms. The summed E-state index contributed by atoms with van der Waals surface area (Å²) >= 11 is 1.22. The van der Waals surface area contributed by atoms with Crippen molar-refractivity contribution >= 4 is 33.9 Å². The molecule has 1 saturated heterocycles. The highest BCUT2D eigenvalue weighted by atomic mass is 32.1. The van der Waals surface area contributed by atoms with Crippen LogP contribution in [0.2, 0.25) is 0 Å². The highest BCUT2D eigenvalue weighted by Crippen LogP contribution is 2.43. The number of methoxy groups -OCH3 is 1. The number of aliphatic hydroxyl groups excluding tert-OH is 1. The summed E-state index contributed by atoms with van der Waals surface area (Å²) in [7, 11) is 1.55. The second-order valence-corrected chi connectivity index (χ2v) is 10.0. The predicted octanol–water partition coefficient (Wildman–Crippen LogP) is 4.78. The Hall–Kier alpha value is -3.52. The van der Waals surface area contributed by atoms with E-state index in [0.29, 0.717) is 27.0 Å². The molecule has 1 aromatic heterocycles. The molecule has 1 unspecified atom stereocenters. The first kappa shape index (κ1) is 22.7. The molecule has 1 fully saturated rings. The number of Topliss-reactive ketones (excluding diaryl/α,β-unsaturated/α-hetero) is 1. The number of hydrogen-bond donors (Lipinski definition) is 1. The van der Waals surface area contributed by atoms with Crippen LogP contribution >= 0.6 is 11.3 Å². The normalized spacial score (nSPS) is 18.1. The van der Waals surface area contributed by atoms with Gasteiger partial charge in [0.05, 0.1) is 18.7 Å². The van der Waals surface area contributed by atoms with Crippen molar-refractivity contribution in [3.63, 3.8) is 0 Å². The Morgan fingerprint density at radius 2 is 1.67 bits per heavy atom. The first-order chi connectivity index (χ1) is 15.6. The highest BCUT2D eigenvalue weighted by molar-refractivity contribution is 7.15. The molecule has 2 aromatic carbocycles. The van der Waals surface area contributed by atoms with Crippen LogP contribution < -0.4 is 9.64 Å². The monoisotopic (exact) mass is 463 g/mol. The first-order valence-corrected chi connectivity index (χ1v) is 11.3. The molecule has 1 atom stereocenters. The Labute approximate surface area is 196 Å². The van der Waals surface area contributed by atoms with E-state index >= 15 is 0 Å². The number of benzene rings is 2. The van der Waals surface area contributed by atoms with Crippen LogP contribution in [-0.2, 0) is 15.0 Å². The molecule has 1 amide bonds. The maximum Gasteiger partial charge on any atom is 0.301 e. The summed E-state index contributed by atoms with van der Waals surface area (Å²) in [4.78, 5) is 27.6. The highest BCUT2D eigenvalue weighted by Gasteiger charge is 2.48. The van der Waals surface area contributed by atoms with Gasteiger partial charge in [0.2, 0.25) is 5.13 Å². The fourth-order valence-corrected chi connectivity index (χ4v) is 4.51. The first-order valence-electron chi connectivity index (χ1n) is 10.5. The largest absolute Gasteiger partial charge is 0.507 e. The van der Waals surface area contributed by atoms with Crippen molar-refractivity contribution in [3.8, 4) is 5.75 Å². The van der Waals surface area contributed by atoms with E-state index in [1.807, 2.05) is 24.3 Å². The Kier molecular flexibility index (Phi) is 5.80. The third-order valence-electron chi connectivity index (χ3n) is 5.62. The van der Waals surface area contributed by atoms with Gasteiger partial charge in [0, 0.05) is 5.56 Å². The number of ether oxygens (including phenoxy) is 1. The maximum atomic E-state index is 13.2. The zero-order chi connectivity index (χ0) is 23.9. The van der Waals surface area contributed by atoms with Crippen molar-refractivity contribution in [2.45, 2.75) is 39.2 Å². The molecule has 8 heteroatoms. The lowest BCUT2D eigenvalue weighted by Crippen LogP contribution is -2.29. The third kappa shape index (κ3) is 4.14. The number of ketones is 1. The number of aryl methyl sites for hydroxylation is 1. The van der Waals surface area contributed by atoms with Crippen molar-refractivity contribution in [1.29, 1.82) is 0 Å². The summed E-state index contributed by atoms with van der Waals surface area (Å²) in [6, 6.07) is 13.6. The summed E-state index contributed by atoms with van der Waals surface area (Å²) < 4.78 is 5.18. The van der Waals surface area contributed by atoms with Gasteiger partial charge in [-0.2, -0.15) is 0 Å². The zero-order valence-corrected chi connectivity index (χ0v) is 19.9.